The molecule has 1 aliphatic rings. The van der Waals surface area contributed by atoms with Crippen LogP contribution in [-0.2, 0) is 16.8 Å². The van der Waals surface area contributed by atoms with Crippen molar-refractivity contribution in [1.82, 2.24) is 10.1 Å². The van der Waals surface area contributed by atoms with E-state index in [-0.39, 0.29) is 23.2 Å². The van der Waals surface area contributed by atoms with Gasteiger partial charge in [0.1, 0.15) is 17.8 Å². The summed E-state index contributed by atoms with van der Waals surface area (Å²) in [5, 5.41) is 4.12. The topological polar surface area (TPSA) is 46.3 Å². The number of aromatic nitrogens is 1. The number of rotatable bonds is 4. The van der Waals surface area contributed by atoms with E-state index in [1.807, 2.05) is 4.90 Å². The maximum atomic E-state index is 12.2. The summed E-state index contributed by atoms with van der Waals surface area (Å²) in [6.07, 6.45) is 7.44. The molecule has 0 saturated heterocycles. The van der Waals surface area contributed by atoms with Gasteiger partial charge in [-0.05, 0) is 18.3 Å². The number of carbonyl (C=O) groups excluding carboxylic acids is 1. The van der Waals surface area contributed by atoms with E-state index in [0.717, 1.165) is 24.1 Å². The highest BCUT2D eigenvalue weighted by atomic mass is 35.5. The Morgan fingerprint density at radius 2 is 2.05 bits per heavy atom. The van der Waals surface area contributed by atoms with Crippen LogP contribution >= 0.6 is 11.6 Å². The molecular formula is C16H25ClN2O2. The molecule has 0 spiro atoms. The summed E-state index contributed by atoms with van der Waals surface area (Å²) in [5.74, 6) is 0.0190. The van der Waals surface area contributed by atoms with Crippen molar-refractivity contribution >= 4 is 17.5 Å². The molecule has 2 rings (SSSR count). The highest BCUT2D eigenvalue weighted by molar-refractivity contribution is 6.27. The molecule has 1 aliphatic carbocycles. The van der Waals surface area contributed by atoms with Gasteiger partial charge in [0.15, 0.2) is 0 Å². The van der Waals surface area contributed by atoms with Gasteiger partial charge in [-0.25, -0.2) is 0 Å². The first-order valence-electron chi connectivity index (χ1n) is 7.72. The first-order valence-corrected chi connectivity index (χ1v) is 8.26. The molecule has 4 nitrogen and oxygen atoms in total. The minimum absolute atomic E-state index is 0.00794. The van der Waals surface area contributed by atoms with Crippen molar-refractivity contribution in [2.45, 2.75) is 70.9 Å². The average Bonchev–Trinajstić information content (AvgIpc) is 2.93. The number of hydrogen-bond donors (Lipinski definition) is 0. The van der Waals surface area contributed by atoms with Gasteiger partial charge in [0.05, 0.1) is 6.54 Å². The van der Waals surface area contributed by atoms with E-state index in [2.05, 4.69) is 25.9 Å². The predicted molar refractivity (Wildman–Crippen MR) is 83.3 cm³/mol. The van der Waals surface area contributed by atoms with Gasteiger partial charge in [-0.15, -0.1) is 11.6 Å². The number of carbonyl (C=O) groups is 1. The Balaban J connectivity index is 2.19. The smallest absolute Gasteiger partial charge is 0.238 e. The summed E-state index contributed by atoms with van der Waals surface area (Å²) in [4.78, 5) is 14.1. The molecule has 0 atom stereocenters. The first-order chi connectivity index (χ1) is 9.93. The molecule has 0 aliphatic heterocycles. The summed E-state index contributed by atoms with van der Waals surface area (Å²) in [5.41, 5.74) is 1.87. The van der Waals surface area contributed by atoms with Crippen LogP contribution in [0.4, 0.5) is 0 Å². The Morgan fingerprint density at radius 1 is 1.38 bits per heavy atom. The highest BCUT2D eigenvalue weighted by Crippen LogP contribution is 2.29. The zero-order chi connectivity index (χ0) is 15.5. The normalized spacial score (nSPS) is 17.0. The van der Waals surface area contributed by atoms with Crippen LogP contribution in [0.25, 0.3) is 0 Å². The van der Waals surface area contributed by atoms with Gasteiger partial charge in [0.25, 0.3) is 0 Å². The van der Waals surface area contributed by atoms with Gasteiger partial charge >= 0.3 is 0 Å². The van der Waals surface area contributed by atoms with Crippen LogP contribution in [0, 0.1) is 0 Å². The van der Waals surface area contributed by atoms with Crippen molar-refractivity contribution in [3.8, 4) is 0 Å². The predicted octanol–water partition coefficient (Wildman–Crippen LogP) is 3.87. The molecule has 1 amide bonds. The first kappa shape index (κ1) is 16.3. The van der Waals surface area contributed by atoms with Gasteiger partial charge < -0.3 is 9.42 Å². The molecule has 1 heterocycles. The van der Waals surface area contributed by atoms with E-state index in [9.17, 15) is 4.79 Å². The molecule has 0 aromatic carbocycles. The third-order valence-electron chi connectivity index (χ3n) is 4.22. The maximum Gasteiger partial charge on any atom is 0.238 e. The molecule has 1 fully saturated rings. The summed E-state index contributed by atoms with van der Waals surface area (Å²) < 4.78 is 5.15. The number of nitrogens with zero attached hydrogens (tertiary/aromatic N) is 2. The average molecular weight is 313 g/mol. The fourth-order valence-electron chi connectivity index (χ4n) is 3.04. The Bertz CT molecular complexity index is 473. The Hall–Kier alpha value is -1.03. The molecule has 1 saturated carbocycles. The van der Waals surface area contributed by atoms with Crippen molar-refractivity contribution in [2.24, 2.45) is 0 Å². The second-order valence-corrected chi connectivity index (χ2v) is 7.14. The standard InChI is InChI=1S/C16H25ClN2O2/c1-16(2,3)13-11-21-18-14(13)10-19(15(20)9-17)12-7-5-4-6-8-12/h11-12H,4-10H2,1-3H3. The lowest BCUT2D eigenvalue weighted by atomic mass is 9.87. The van der Waals surface area contributed by atoms with E-state index in [4.69, 9.17) is 16.1 Å². The van der Waals surface area contributed by atoms with Crippen LogP contribution in [0.2, 0.25) is 0 Å². The van der Waals surface area contributed by atoms with Crippen molar-refractivity contribution in [3.05, 3.63) is 17.5 Å². The van der Waals surface area contributed by atoms with Gasteiger partial charge in [-0.1, -0.05) is 45.2 Å². The third kappa shape index (κ3) is 4.00. The van der Waals surface area contributed by atoms with E-state index in [1.165, 1.54) is 19.3 Å². The van der Waals surface area contributed by atoms with E-state index in [0.29, 0.717) is 6.54 Å². The fourth-order valence-corrected chi connectivity index (χ4v) is 3.19. The molecule has 1 aromatic heterocycles. The summed E-state index contributed by atoms with van der Waals surface area (Å²) in [6, 6.07) is 0.287. The summed E-state index contributed by atoms with van der Waals surface area (Å²) in [6.45, 7) is 6.87. The lowest BCUT2D eigenvalue weighted by molar-refractivity contribution is -0.132. The fraction of sp³-hybridized carbons (Fsp3) is 0.750. The van der Waals surface area contributed by atoms with Crippen LogP contribution in [0.1, 0.15) is 64.1 Å². The van der Waals surface area contributed by atoms with Gasteiger partial charge in [0, 0.05) is 11.6 Å². The minimum Gasteiger partial charge on any atom is -0.364 e. The second kappa shape index (κ2) is 6.82. The van der Waals surface area contributed by atoms with Crippen LogP contribution < -0.4 is 0 Å². The number of halogens is 1. The summed E-state index contributed by atoms with van der Waals surface area (Å²) in [7, 11) is 0. The van der Waals surface area contributed by atoms with Crippen molar-refractivity contribution < 1.29 is 9.32 Å². The Labute approximate surface area is 131 Å². The van der Waals surface area contributed by atoms with Crippen LogP contribution in [0.15, 0.2) is 10.8 Å². The molecule has 0 N–H and O–H groups in total. The SMILES string of the molecule is CC(C)(C)c1conc1CN(C(=O)CCl)C1CCCCC1. The zero-order valence-corrected chi connectivity index (χ0v) is 13.9. The lowest BCUT2D eigenvalue weighted by Crippen LogP contribution is -2.42. The van der Waals surface area contributed by atoms with Crippen LogP contribution in [0.3, 0.4) is 0 Å². The number of alkyl halides is 1. The minimum atomic E-state index is -0.0441. The second-order valence-electron chi connectivity index (χ2n) is 6.87. The molecule has 0 radical (unpaired) electrons. The molecule has 5 heteroatoms. The van der Waals surface area contributed by atoms with Crippen molar-refractivity contribution in [1.29, 1.82) is 0 Å². The molecule has 0 unspecified atom stereocenters. The van der Waals surface area contributed by atoms with E-state index >= 15 is 0 Å². The zero-order valence-electron chi connectivity index (χ0n) is 13.2. The maximum absolute atomic E-state index is 12.2. The Morgan fingerprint density at radius 3 is 2.62 bits per heavy atom. The largest absolute Gasteiger partial charge is 0.364 e. The van der Waals surface area contributed by atoms with Crippen LogP contribution in [-0.4, -0.2) is 27.9 Å². The lowest BCUT2D eigenvalue weighted by Gasteiger charge is -2.34. The summed E-state index contributed by atoms with van der Waals surface area (Å²) >= 11 is 5.80. The highest BCUT2D eigenvalue weighted by Gasteiger charge is 2.29. The van der Waals surface area contributed by atoms with Crippen molar-refractivity contribution in [2.75, 3.05) is 5.88 Å². The van der Waals surface area contributed by atoms with E-state index in [1.54, 1.807) is 6.26 Å². The van der Waals surface area contributed by atoms with Crippen molar-refractivity contribution in [3.63, 3.8) is 0 Å². The molecule has 0 bridgehead atoms. The number of amides is 1. The van der Waals surface area contributed by atoms with Gasteiger partial charge in [-0.3, -0.25) is 4.79 Å². The third-order valence-corrected chi connectivity index (χ3v) is 4.45. The molecule has 21 heavy (non-hydrogen) atoms. The quantitative estimate of drug-likeness (QED) is 0.793. The van der Waals surface area contributed by atoms with Gasteiger partial charge in [0.2, 0.25) is 5.91 Å². The monoisotopic (exact) mass is 312 g/mol. The van der Waals surface area contributed by atoms with E-state index < -0.39 is 0 Å². The molecular weight excluding hydrogens is 288 g/mol. The molecule has 118 valence electrons. The Kier molecular flexibility index (Phi) is 5.31. The molecule has 1 aromatic rings. The number of hydrogen-bond acceptors (Lipinski definition) is 3. The van der Waals surface area contributed by atoms with Crippen LogP contribution in [0.5, 0.6) is 0 Å². The van der Waals surface area contributed by atoms with Gasteiger partial charge in [-0.2, -0.15) is 0 Å².